The second-order valence-electron chi connectivity index (χ2n) is 8.47. The summed E-state index contributed by atoms with van der Waals surface area (Å²) in [6.45, 7) is 3.25. The van der Waals surface area contributed by atoms with Crippen LogP contribution in [0.25, 0.3) is 10.9 Å². The van der Waals surface area contributed by atoms with Crippen molar-refractivity contribution in [3.05, 3.63) is 83.6 Å². The Hall–Kier alpha value is -4.60. The molecule has 1 aromatic carbocycles. The van der Waals surface area contributed by atoms with Crippen molar-refractivity contribution in [3.8, 4) is 0 Å². The fourth-order valence-corrected chi connectivity index (χ4v) is 3.85. The van der Waals surface area contributed by atoms with Crippen LogP contribution in [-0.4, -0.2) is 63.8 Å². The third kappa shape index (κ3) is 5.38. The Labute approximate surface area is 209 Å². The van der Waals surface area contributed by atoms with Crippen LogP contribution >= 0.6 is 0 Å². The third-order valence-electron chi connectivity index (χ3n) is 5.89. The van der Waals surface area contributed by atoms with Gasteiger partial charge in [0.1, 0.15) is 5.82 Å². The number of likely N-dealkylation sites (N-methyl/N-ethyl adjacent to an activating group) is 2. The molecule has 36 heavy (non-hydrogen) atoms. The predicted octanol–water partition coefficient (Wildman–Crippen LogP) is 2.45. The second-order valence-corrected chi connectivity index (χ2v) is 8.47. The van der Waals surface area contributed by atoms with Crippen LogP contribution in [0.3, 0.4) is 0 Å². The fourth-order valence-electron chi connectivity index (χ4n) is 3.85. The molecule has 0 saturated carbocycles. The molecule has 0 spiro atoms. The smallest absolute Gasteiger partial charge is 0.273 e. The first kappa shape index (κ1) is 24.5. The zero-order valence-electron chi connectivity index (χ0n) is 20.5. The number of nitrogen functional groups attached to an aromatic ring is 1. The number of anilines is 2. The molecule has 10 heteroatoms. The molecule has 0 aliphatic heterocycles. The first-order valence-corrected chi connectivity index (χ1v) is 11.5. The number of carbonyl (C=O) groups is 2. The van der Waals surface area contributed by atoms with Gasteiger partial charge in [-0.25, -0.2) is 15.0 Å². The van der Waals surface area contributed by atoms with Crippen LogP contribution in [0.5, 0.6) is 0 Å². The van der Waals surface area contributed by atoms with Crippen molar-refractivity contribution < 1.29 is 9.59 Å². The minimum absolute atomic E-state index is 0.0708. The molecule has 0 fully saturated rings. The molecule has 0 bridgehead atoms. The number of benzene rings is 1. The van der Waals surface area contributed by atoms with Gasteiger partial charge in [-0.2, -0.15) is 0 Å². The molecule has 4 rings (SSSR count). The fraction of sp³-hybridized carbons (Fsp3) is 0.231. The van der Waals surface area contributed by atoms with Gasteiger partial charge in [0.05, 0.1) is 5.52 Å². The van der Waals surface area contributed by atoms with E-state index in [-0.39, 0.29) is 24.0 Å². The van der Waals surface area contributed by atoms with E-state index in [2.05, 4.69) is 20.3 Å². The number of aromatic nitrogens is 4. The van der Waals surface area contributed by atoms with E-state index in [1.807, 2.05) is 43.1 Å². The van der Waals surface area contributed by atoms with Crippen molar-refractivity contribution in [3.63, 3.8) is 0 Å². The number of fused-ring (bicyclic) bond motifs is 1. The number of aryl methyl sites for hydroxylation is 1. The maximum absolute atomic E-state index is 12.7. The number of nitrogens with zero attached hydrogens (tertiary/aromatic N) is 6. The number of hydrogen-bond donors (Lipinski definition) is 2. The number of carbonyl (C=O) groups excluding carboxylic acids is 2. The molecule has 4 aromatic rings. The van der Waals surface area contributed by atoms with Gasteiger partial charge in [0.2, 0.25) is 0 Å². The zero-order valence-corrected chi connectivity index (χ0v) is 20.5. The molecule has 0 aliphatic rings. The summed E-state index contributed by atoms with van der Waals surface area (Å²) >= 11 is 0. The molecule has 0 saturated heterocycles. The van der Waals surface area contributed by atoms with Gasteiger partial charge in [0, 0.05) is 75.0 Å². The highest BCUT2D eigenvalue weighted by Crippen LogP contribution is 2.25. The Kier molecular flexibility index (Phi) is 7.33. The van der Waals surface area contributed by atoms with Crippen LogP contribution in [0.15, 0.2) is 61.2 Å². The van der Waals surface area contributed by atoms with Gasteiger partial charge in [0.25, 0.3) is 11.8 Å². The van der Waals surface area contributed by atoms with Gasteiger partial charge in [0.15, 0.2) is 11.5 Å². The van der Waals surface area contributed by atoms with Gasteiger partial charge < -0.3 is 20.9 Å². The van der Waals surface area contributed by atoms with E-state index >= 15 is 0 Å². The quantitative estimate of drug-likeness (QED) is 0.390. The zero-order chi connectivity index (χ0) is 25.7. The molecule has 0 aliphatic carbocycles. The summed E-state index contributed by atoms with van der Waals surface area (Å²) in [5.41, 5.74) is 9.23. The summed E-state index contributed by atoms with van der Waals surface area (Å²) < 4.78 is 0. The standard InChI is InChI=1S/C26H28N8O2/c1-17-5-4-6-19-15-20(16-31-25(35)22-23(27)30-12-11-29-22)24(32-21(17)19)33(2)13-14-34(3)26(36)18-7-9-28-10-8-18/h4-12,15H,13-14,16H2,1-3H3,(H2,27,30)(H,31,35). The van der Waals surface area contributed by atoms with Gasteiger partial charge in [-0.3, -0.25) is 14.6 Å². The number of rotatable bonds is 8. The predicted molar refractivity (Wildman–Crippen MR) is 139 cm³/mol. The highest BCUT2D eigenvalue weighted by atomic mass is 16.2. The second kappa shape index (κ2) is 10.8. The Morgan fingerprint density at radius 1 is 1.00 bits per heavy atom. The number of pyridine rings is 2. The molecule has 3 aromatic heterocycles. The lowest BCUT2D eigenvalue weighted by molar-refractivity contribution is 0.0798. The summed E-state index contributed by atoms with van der Waals surface area (Å²) in [5.74, 6) is 0.291. The van der Waals surface area contributed by atoms with E-state index in [0.717, 1.165) is 22.0 Å². The van der Waals surface area contributed by atoms with E-state index in [9.17, 15) is 9.59 Å². The summed E-state index contributed by atoms with van der Waals surface area (Å²) in [6, 6.07) is 11.4. The number of nitrogens with two attached hydrogens (primary N) is 1. The average Bonchev–Trinajstić information content (AvgIpc) is 2.90. The van der Waals surface area contributed by atoms with Crippen molar-refractivity contribution in [2.24, 2.45) is 0 Å². The topological polar surface area (TPSA) is 130 Å². The largest absolute Gasteiger partial charge is 0.382 e. The molecular formula is C26H28N8O2. The van der Waals surface area contributed by atoms with Gasteiger partial charge in [-0.1, -0.05) is 18.2 Å². The Balaban J connectivity index is 1.55. The lowest BCUT2D eigenvalue weighted by atomic mass is 10.1. The summed E-state index contributed by atoms with van der Waals surface area (Å²) in [4.78, 5) is 45.9. The molecule has 3 heterocycles. The summed E-state index contributed by atoms with van der Waals surface area (Å²) in [5, 5.41) is 3.85. The number of amides is 2. The highest BCUT2D eigenvalue weighted by molar-refractivity contribution is 5.96. The van der Waals surface area contributed by atoms with Gasteiger partial charge in [-0.05, 0) is 30.7 Å². The Morgan fingerprint density at radius 2 is 1.75 bits per heavy atom. The average molecular weight is 485 g/mol. The first-order valence-electron chi connectivity index (χ1n) is 11.5. The van der Waals surface area contributed by atoms with Crippen LogP contribution in [0.1, 0.15) is 32.0 Å². The number of nitrogens with one attached hydrogen (secondary N) is 1. The van der Waals surface area contributed by atoms with Crippen molar-refractivity contribution in [2.45, 2.75) is 13.5 Å². The van der Waals surface area contributed by atoms with Crippen LogP contribution in [0.2, 0.25) is 0 Å². The van der Waals surface area contributed by atoms with Crippen LogP contribution in [0.4, 0.5) is 11.6 Å². The SMILES string of the molecule is Cc1cccc2cc(CNC(=O)c3nccnc3N)c(N(C)CCN(C)C(=O)c3ccncc3)nc12. The molecule has 10 nitrogen and oxygen atoms in total. The molecule has 0 unspecified atom stereocenters. The highest BCUT2D eigenvalue weighted by Gasteiger charge is 2.18. The van der Waals surface area contributed by atoms with Crippen LogP contribution < -0.4 is 16.0 Å². The van der Waals surface area contributed by atoms with E-state index in [1.54, 1.807) is 36.5 Å². The van der Waals surface area contributed by atoms with E-state index in [4.69, 9.17) is 10.7 Å². The van der Waals surface area contributed by atoms with E-state index in [1.165, 1.54) is 12.4 Å². The lowest BCUT2D eigenvalue weighted by Crippen LogP contribution is -2.35. The minimum Gasteiger partial charge on any atom is -0.382 e. The third-order valence-corrected chi connectivity index (χ3v) is 5.89. The van der Waals surface area contributed by atoms with E-state index in [0.29, 0.717) is 24.5 Å². The minimum atomic E-state index is -0.416. The molecule has 184 valence electrons. The monoisotopic (exact) mass is 484 g/mol. The molecule has 0 radical (unpaired) electrons. The number of para-hydroxylation sites is 1. The summed E-state index contributed by atoms with van der Waals surface area (Å²) in [7, 11) is 3.68. The maximum atomic E-state index is 12.7. The van der Waals surface area contributed by atoms with Gasteiger partial charge >= 0.3 is 0 Å². The normalized spacial score (nSPS) is 10.8. The van der Waals surface area contributed by atoms with E-state index < -0.39 is 5.91 Å². The molecule has 0 atom stereocenters. The Morgan fingerprint density at radius 3 is 2.50 bits per heavy atom. The maximum Gasteiger partial charge on any atom is 0.273 e. The van der Waals surface area contributed by atoms with Gasteiger partial charge in [-0.15, -0.1) is 0 Å². The van der Waals surface area contributed by atoms with Crippen LogP contribution in [0, 0.1) is 6.92 Å². The lowest BCUT2D eigenvalue weighted by Gasteiger charge is -2.25. The first-order chi connectivity index (χ1) is 17.3. The number of hydrogen-bond acceptors (Lipinski definition) is 8. The van der Waals surface area contributed by atoms with Crippen molar-refractivity contribution >= 4 is 34.4 Å². The van der Waals surface area contributed by atoms with Crippen molar-refractivity contribution in [1.29, 1.82) is 0 Å². The molecular weight excluding hydrogens is 456 g/mol. The van der Waals surface area contributed by atoms with Crippen molar-refractivity contribution in [2.75, 3.05) is 37.8 Å². The molecule has 3 N–H and O–H groups in total. The van der Waals surface area contributed by atoms with Crippen molar-refractivity contribution in [1.82, 2.24) is 30.2 Å². The Bertz CT molecular complexity index is 1390. The summed E-state index contributed by atoms with van der Waals surface area (Å²) in [6.07, 6.45) is 6.06. The van der Waals surface area contributed by atoms with Crippen LogP contribution in [-0.2, 0) is 6.54 Å². The molecule has 2 amide bonds.